The van der Waals surface area contributed by atoms with Gasteiger partial charge in [0.05, 0.1) is 19.4 Å². The molecule has 0 spiro atoms. The largest absolute Gasteiger partial charge is 0.493 e. The number of thiazole rings is 1. The molecule has 0 bridgehead atoms. The van der Waals surface area contributed by atoms with Crippen LogP contribution in [-0.4, -0.2) is 48.3 Å². The molecule has 0 atom stereocenters. The highest BCUT2D eigenvalue weighted by Crippen LogP contribution is 2.31. The van der Waals surface area contributed by atoms with E-state index in [4.69, 9.17) is 14.2 Å². The number of carbonyl (C=O) groups is 1. The van der Waals surface area contributed by atoms with E-state index < -0.39 is 0 Å². The summed E-state index contributed by atoms with van der Waals surface area (Å²) < 4.78 is 15.9. The molecule has 2 heterocycles. The summed E-state index contributed by atoms with van der Waals surface area (Å²) in [5.74, 6) is 1.33. The SMILES string of the molecule is COCCOc1cc(NC(=O)c2sc(-c3ncccn3)nc2C)ccc1OC. The molecule has 0 saturated carbocycles. The summed E-state index contributed by atoms with van der Waals surface area (Å²) in [6, 6.07) is 6.93. The Morgan fingerprint density at radius 3 is 2.64 bits per heavy atom. The third-order valence-corrected chi connectivity index (χ3v) is 4.88. The summed E-state index contributed by atoms with van der Waals surface area (Å²) in [4.78, 5) is 26.0. The van der Waals surface area contributed by atoms with Gasteiger partial charge in [-0.25, -0.2) is 15.0 Å². The molecule has 1 N–H and O–H groups in total. The monoisotopic (exact) mass is 400 g/mol. The lowest BCUT2D eigenvalue weighted by molar-refractivity contribution is 0.102. The van der Waals surface area contributed by atoms with Crippen molar-refractivity contribution in [1.29, 1.82) is 0 Å². The number of methoxy groups -OCH3 is 2. The Morgan fingerprint density at radius 2 is 1.93 bits per heavy atom. The van der Waals surface area contributed by atoms with E-state index in [9.17, 15) is 4.79 Å². The lowest BCUT2D eigenvalue weighted by atomic mass is 10.2. The Labute approximate surface area is 166 Å². The molecule has 0 saturated heterocycles. The van der Waals surface area contributed by atoms with Gasteiger partial charge in [-0.1, -0.05) is 0 Å². The molecule has 0 fully saturated rings. The molecule has 28 heavy (non-hydrogen) atoms. The molecule has 1 aromatic carbocycles. The van der Waals surface area contributed by atoms with Gasteiger partial charge in [-0.05, 0) is 25.1 Å². The smallest absolute Gasteiger partial charge is 0.267 e. The number of aromatic nitrogens is 3. The summed E-state index contributed by atoms with van der Waals surface area (Å²) >= 11 is 1.25. The minimum Gasteiger partial charge on any atom is -0.493 e. The van der Waals surface area contributed by atoms with Crippen molar-refractivity contribution in [3.8, 4) is 22.3 Å². The highest BCUT2D eigenvalue weighted by atomic mass is 32.1. The predicted octanol–water partition coefficient (Wildman–Crippen LogP) is 3.19. The van der Waals surface area contributed by atoms with E-state index >= 15 is 0 Å². The van der Waals surface area contributed by atoms with Gasteiger partial charge in [0.1, 0.15) is 11.5 Å². The number of anilines is 1. The van der Waals surface area contributed by atoms with Crippen LogP contribution >= 0.6 is 11.3 Å². The fourth-order valence-corrected chi connectivity index (χ4v) is 3.31. The minimum atomic E-state index is -0.259. The molecule has 9 heteroatoms. The molecule has 8 nitrogen and oxygen atoms in total. The summed E-state index contributed by atoms with van der Waals surface area (Å²) in [6.45, 7) is 2.61. The first-order valence-corrected chi connectivity index (χ1v) is 9.30. The Kier molecular flexibility index (Phi) is 6.51. The second-order valence-corrected chi connectivity index (χ2v) is 6.67. The van der Waals surface area contributed by atoms with Crippen molar-refractivity contribution >= 4 is 22.9 Å². The molecule has 1 amide bonds. The lowest BCUT2D eigenvalue weighted by Crippen LogP contribution is -2.12. The van der Waals surface area contributed by atoms with E-state index in [0.717, 1.165) is 0 Å². The van der Waals surface area contributed by atoms with Crippen molar-refractivity contribution in [1.82, 2.24) is 15.0 Å². The quantitative estimate of drug-likeness (QED) is 0.580. The zero-order valence-corrected chi connectivity index (χ0v) is 16.6. The molecule has 0 aliphatic heterocycles. The van der Waals surface area contributed by atoms with Crippen LogP contribution in [0, 0.1) is 6.92 Å². The van der Waals surface area contributed by atoms with Crippen LogP contribution in [0.3, 0.4) is 0 Å². The topological polar surface area (TPSA) is 95.5 Å². The zero-order chi connectivity index (χ0) is 19.9. The molecule has 146 valence electrons. The normalized spacial score (nSPS) is 10.5. The first-order valence-electron chi connectivity index (χ1n) is 8.48. The maximum Gasteiger partial charge on any atom is 0.267 e. The van der Waals surface area contributed by atoms with Gasteiger partial charge in [-0.2, -0.15) is 0 Å². The summed E-state index contributed by atoms with van der Waals surface area (Å²) in [7, 11) is 3.16. The number of ether oxygens (including phenoxy) is 3. The van der Waals surface area contributed by atoms with Gasteiger partial charge in [0.25, 0.3) is 5.91 Å². The minimum absolute atomic E-state index is 0.259. The maximum absolute atomic E-state index is 12.7. The van der Waals surface area contributed by atoms with Crippen molar-refractivity contribution in [2.24, 2.45) is 0 Å². The van der Waals surface area contributed by atoms with Gasteiger partial charge in [0.15, 0.2) is 22.3 Å². The second-order valence-electron chi connectivity index (χ2n) is 5.67. The average Bonchev–Trinajstić information content (AvgIpc) is 3.11. The molecule has 3 aromatic rings. The Morgan fingerprint density at radius 1 is 1.14 bits per heavy atom. The Hall–Kier alpha value is -3.04. The van der Waals surface area contributed by atoms with Gasteiger partial charge < -0.3 is 19.5 Å². The van der Waals surface area contributed by atoms with Crippen LogP contribution in [0.5, 0.6) is 11.5 Å². The van der Waals surface area contributed by atoms with Crippen LogP contribution in [0.1, 0.15) is 15.4 Å². The van der Waals surface area contributed by atoms with E-state index in [2.05, 4.69) is 20.3 Å². The molecule has 2 aromatic heterocycles. The van der Waals surface area contributed by atoms with E-state index in [0.29, 0.717) is 51.8 Å². The molecule has 0 aliphatic carbocycles. The fraction of sp³-hybridized carbons (Fsp3) is 0.263. The summed E-state index contributed by atoms with van der Waals surface area (Å²) in [5, 5.41) is 3.47. The fourth-order valence-electron chi connectivity index (χ4n) is 2.40. The van der Waals surface area contributed by atoms with Crippen molar-refractivity contribution < 1.29 is 19.0 Å². The molecule has 3 rings (SSSR count). The Bertz CT molecular complexity index is 946. The van der Waals surface area contributed by atoms with Gasteiger partial charge >= 0.3 is 0 Å². The van der Waals surface area contributed by atoms with E-state index in [1.165, 1.54) is 11.3 Å². The number of rotatable bonds is 8. The second kappa shape index (κ2) is 9.25. The van der Waals surface area contributed by atoms with Gasteiger partial charge in [0, 0.05) is 31.3 Å². The number of hydrogen-bond acceptors (Lipinski definition) is 8. The molecular weight excluding hydrogens is 380 g/mol. The van der Waals surface area contributed by atoms with Crippen LogP contribution in [0.25, 0.3) is 10.8 Å². The standard InChI is InChI=1S/C19H20N4O4S/c1-12-16(28-19(22-12)17-20-7-4-8-21-17)18(24)23-13-5-6-14(26-3)15(11-13)27-10-9-25-2/h4-8,11H,9-10H2,1-3H3,(H,23,24). The molecular formula is C19H20N4O4S. The van der Waals surface area contributed by atoms with E-state index in [1.54, 1.807) is 57.8 Å². The lowest BCUT2D eigenvalue weighted by Gasteiger charge is -2.12. The van der Waals surface area contributed by atoms with Crippen LogP contribution in [0.4, 0.5) is 5.69 Å². The van der Waals surface area contributed by atoms with Crippen molar-refractivity contribution in [2.45, 2.75) is 6.92 Å². The molecule has 0 aliphatic rings. The highest BCUT2D eigenvalue weighted by Gasteiger charge is 2.18. The number of nitrogens with zero attached hydrogens (tertiary/aromatic N) is 3. The van der Waals surface area contributed by atoms with Crippen LogP contribution < -0.4 is 14.8 Å². The number of nitrogens with one attached hydrogen (secondary N) is 1. The van der Waals surface area contributed by atoms with Gasteiger partial charge in [-0.15, -0.1) is 11.3 Å². The molecule has 0 unspecified atom stereocenters. The summed E-state index contributed by atoms with van der Waals surface area (Å²) in [6.07, 6.45) is 3.28. The number of carbonyl (C=O) groups excluding carboxylic acids is 1. The van der Waals surface area contributed by atoms with Gasteiger partial charge in [0.2, 0.25) is 0 Å². The third-order valence-electron chi connectivity index (χ3n) is 3.73. The first-order chi connectivity index (χ1) is 13.6. The average molecular weight is 400 g/mol. The number of benzene rings is 1. The van der Waals surface area contributed by atoms with Crippen LogP contribution in [-0.2, 0) is 4.74 Å². The first kappa shape index (κ1) is 19.7. The number of amides is 1. The van der Waals surface area contributed by atoms with Crippen molar-refractivity contribution in [3.63, 3.8) is 0 Å². The van der Waals surface area contributed by atoms with Crippen molar-refractivity contribution in [2.75, 3.05) is 32.8 Å². The van der Waals surface area contributed by atoms with Crippen LogP contribution in [0.2, 0.25) is 0 Å². The maximum atomic E-state index is 12.7. The number of aryl methyl sites for hydroxylation is 1. The highest BCUT2D eigenvalue weighted by molar-refractivity contribution is 7.17. The molecule has 0 radical (unpaired) electrons. The third kappa shape index (κ3) is 4.62. The zero-order valence-electron chi connectivity index (χ0n) is 15.8. The predicted molar refractivity (Wildman–Crippen MR) is 106 cm³/mol. The van der Waals surface area contributed by atoms with Crippen LogP contribution in [0.15, 0.2) is 36.7 Å². The Balaban J connectivity index is 1.77. The summed E-state index contributed by atoms with van der Waals surface area (Å²) in [5.41, 5.74) is 1.21. The van der Waals surface area contributed by atoms with Crippen molar-refractivity contribution in [3.05, 3.63) is 47.2 Å². The number of hydrogen-bond donors (Lipinski definition) is 1. The van der Waals surface area contributed by atoms with E-state index in [1.807, 2.05) is 0 Å². The van der Waals surface area contributed by atoms with E-state index in [-0.39, 0.29) is 5.91 Å². The van der Waals surface area contributed by atoms with Gasteiger partial charge in [-0.3, -0.25) is 4.79 Å².